The molecule has 0 spiro atoms. The van der Waals surface area contributed by atoms with Crippen molar-refractivity contribution in [1.29, 1.82) is 0 Å². The molecule has 7 heteroatoms. The molecule has 0 saturated heterocycles. The van der Waals surface area contributed by atoms with E-state index in [1.165, 1.54) is 12.1 Å². The number of benzene rings is 2. The molecule has 25 heavy (non-hydrogen) atoms. The van der Waals surface area contributed by atoms with Crippen LogP contribution in [-0.2, 0) is 11.0 Å². The fourth-order valence-electron chi connectivity index (χ4n) is 2.17. The number of hydrogen-bond acceptors (Lipinski definition) is 3. The molecule has 0 radical (unpaired) electrons. The van der Waals surface area contributed by atoms with Crippen LogP contribution in [0.25, 0.3) is 0 Å². The lowest BCUT2D eigenvalue weighted by Gasteiger charge is -2.15. The number of ether oxygens (including phenoxy) is 2. The van der Waals surface area contributed by atoms with Gasteiger partial charge in [0.1, 0.15) is 11.5 Å². The lowest BCUT2D eigenvalue weighted by molar-refractivity contribution is -0.137. The summed E-state index contributed by atoms with van der Waals surface area (Å²) in [5, 5.41) is 2.72. The van der Waals surface area contributed by atoms with Crippen molar-refractivity contribution >= 4 is 5.91 Å². The second kappa shape index (κ2) is 7.92. The van der Waals surface area contributed by atoms with Gasteiger partial charge in [-0.3, -0.25) is 4.79 Å². The Bertz CT molecular complexity index is 714. The van der Waals surface area contributed by atoms with Crippen LogP contribution in [0, 0.1) is 0 Å². The molecule has 0 aromatic heterocycles. The van der Waals surface area contributed by atoms with Crippen molar-refractivity contribution in [1.82, 2.24) is 5.32 Å². The third-order valence-corrected chi connectivity index (χ3v) is 3.52. The standard InChI is InChI=1S/C18H18F3NO3/c1-12(13-6-8-15(24-2)9-7-13)22-17(23)11-25-16-5-3-4-14(10-16)18(19,20)21/h3-10,12H,11H2,1-2H3,(H,22,23)/t12-/m0/s1. The second-order valence-corrected chi connectivity index (χ2v) is 5.38. The van der Waals surface area contributed by atoms with E-state index in [2.05, 4.69) is 5.32 Å². The van der Waals surface area contributed by atoms with Gasteiger partial charge in [-0.15, -0.1) is 0 Å². The first-order valence-electron chi connectivity index (χ1n) is 7.53. The van der Waals surface area contributed by atoms with Crippen molar-refractivity contribution < 1.29 is 27.4 Å². The van der Waals surface area contributed by atoms with Crippen molar-refractivity contribution in [3.8, 4) is 11.5 Å². The summed E-state index contributed by atoms with van der Waals surface area (Å²) in [4.78, 5) is 11.9. The Kier molecular flexibility index (Phi) is 5.90. The predicted octanol–water partition coefficient (Wildman–Crippen LogP) is 3.97. The maximum atomic E-state index is 12.6. The van der Waals surface area contributed by atoms with Crippen molar-refractivity contribution in [3.63, 3.8) is 0 Å². The smallest absolute Gasteiger partial charge is 0.416 e. The minimum atomic E-state index is -4.45. The average molecular weight is 353 g/mol. The fourth-order valence-corrected chi connectivity index (χ4v) is 2.17. The van der Waals surface area contributed by atoms with Crippen LogP contribution in [0.4, 0.5) is 13.2 Å². The number of nitrogens with one attached hydrogen (secondary N) is 1. The predicted molar refractivity (Wildman–Crippen MR) is 86.5 cm³/mol. The molecule has 0 fully saturated rings. The molecule has 0 saturated carbocycles. The summed E-state index contributed by atoms with van der Waals surface area (Å²) in [5.74, 6) is 0.262. The second-order valence-electron chi connectivity index (χ2n) is 5.38. The topological polar surface area (TPSA) is 47.6 Å². The van der Waals surface area contributed by atoms with Crippen LogP contribution in [0.1, 0.15) is 24.1 Å². The Morgan fingerprint density at radius 3 is 2.40 bits per heavy atom. The average Bonchev–Trinajstić information content (AvgIpc) is 2.59. The largest absolute Gasteiger partial charge is 0.497 e. The van der Waals surface area contributed by atoms with E-state index in [1.54, 1.807) is 26.2 Å². The summed E-state index contributed by atoms with van der Waals surface area (Å²) < 4.78 is 48.1. The minimum absolute atomic E-state index is 0.0120. The molecule has 1 amide bonds. The van der Waals surface area contributed by atoms with Crippen LogP contribution in [0.5, 0.6) is 11.5 Å². The van der Waals surface area contributed by atoms with Gasteiger partial charge in [0.15, 0.2) is 6.61 Å². The zero-order valence-corrected chi connectivity index (χ0v) is 13.8. The van der Waals surface area contributed by atoms with Crippen LogP contribution < -0.4 is 14.8 Å². The molecule has 2 rings (SSSR count). The van der Waals surface area contributed by atoms with Crippen molar-refractivity contribution in [2.24, 2.45) is 0 Å². The monoisotopic (exact) mass is 353 g/mol. The van der Waals surface area contributed by atoms with Gasteiger partial charge in [0, 0.05) is 0 Å². The van der Waals surface area contributed by atoms with E-state index < -0.39 is 17.6 Å². The zero-order valence-electron chi connectivity index (χ0n) is 13.8. The molecule has 0 bridgehead atoms. The number of carbonyl (C=O) groups excluding carboxylic acids is 1. The number of alkyl halides is 3. The third-order valence-electron chi connectivity index (χ3n) is 3.52. The van der Waals surface area contributed by atoms with Gasteiger partial charge >= 0.3 is 6.18 Å². The molecule has 4 nitrogen and oxygen atoms in total. The van der Waals surface area contributed by atoms with E-state index >= 15 is 0 Å². The van der Waals surface area contributed by atoms with Crippen molar-refractivity contribution in [3.05, 3.63) is 59.7 Å². The Morgan fingerprint density at radius 1 is 1.12 bits per heavy atom. The highest BCUT2D eigenvalue weighted by molar-refractivity contribution is 5.78. The molecule has 0 aliphatic heterocycles. The first-order chi connectivity index (χ1) is 11.8. The van der Waals surface area contributed by atoms with E-state index in [-0.39, 0.29) is 18.4 Å². The van der Waals surface area contributed by atoms with Gasteiger partial charge in [0.25, 0.3) is 5.91 Å². The molecule has 0 unspecified atom stereocenters. The van der Waals surface area contributed by atoms with Gasteiger partial charge in [-0.05, 0) is 42.8 Å². The number of rotatable bonds is 6. The summed E-state index contributed by atoms with van der Waals surface area (Å²) in [7, 11) is 1.56. The number of hydrogen-bond donors (Lipinski definition) is 1. The molecule has 2 aromatic carbocycles. The Hall–Kier alpha value is -2.70. The molecule has 0 aliphatic rings. The summed E-state index contributed by atoms with van der Waals surface area (Å²) in [5.41, 5.74) is 0.0465. The molecule has 1 N–H and O–H groups in total. The Labute approximate surface area is 143 Å². The lowest BCUT2D eigenvalue weighted by Crippen LogP contribution is -2.31. The minimum Gasteiger partial charge on any atom is -0.497 e. The van der Waals surface area contributed by atoms with Gasteiger partial charge in [0.2, 0.25) is 0 Å². The quantitative estimate of drug-likeness (QED) is 0.855. The highest BCUT2D eigenvalue weighted by atomic mass is 19.4. The van der Waals surface area contributed by atoms with Crippen molar-refractivity contribution in [2.75, 3.05) is 13.7 Å². The zero-order chi connectivity index (χ0) is 18.4. The Balaban J connectivity index is 1.89. The summed E-state index contributed by atoms with van der Waals surface area (Å²) in [6.07, 6.45) is -4.45. The van der Waals surface area contributed by atoms with Gasteiger partial charge in [-0.1, -0.05) is 18.2 Å². The molecular formula is C18H18F3NO3. The number of carbonyl (C=O) groups is 1. The number of amides is 1. The summed E-state index contributed by atoms with van der Waals surface area (Å²) in [6, 6.07) is 11.3. The van der Waals surface area contributed by atoms with Crippen LogP contribution in [0.3, 0.4) is 0 Å². The number of halogens is 3. The van der Waals surface area contributed by atoms with Gasteiger partial charge in [-0.2, -0.15) is 13.2 Å². The molecule has 0 aliphatic carbocycles. The van der Waals surface area contributed by atoms with E-state index in [1.807, 2.05) is 12.1 Å². The highest BCUT2D eigenvalue weighted by Gasteiger charge is 2.30. The molecule has 0 heterocycles. The van der Waals surface area contributed by atoms with E-state index in [0.29, 0.717) is 5.75 Å². The van der Waals surface area contributed by atoms with E-state index in [0.717, 1.165) is 17.7 Å². The maximum absolute atomic E-state index is 12.6. The van der Waals surface area contributed by atoms with Gasteiger partial charge in [-0.25, -0.2) is 0 Å². The summed E-state index contributed by atoms with van der Waals surface area (Å²) in [6.45, 7) is 1.42. The first kappa shape index (κ1) is 18.6. The van der Waals surface area contributed by atoms with Gasteiger partial charge < -0.3 is 14.8 Å². The number of methoxy groups -OCH3 is 1. The van der Waals surface area contributed by atoms with Crippen LogP contribution >= 0.6 is 0 Å². The maximum Gasteiger partial charge on any atom is 0.416 e. The Morgan fingerprint density at radius 2 is 1.80 bits per heavy atom. The van der Waals surface area contributed by atoms with Crippen molar-refractivity contribution in [2.45, 2.75) is 19.1 Å². The lowest BCUT2D eigenvalue weighted by atomic mass is 10.1. The molecular weight excluding hydrogens is 335 g/mol. The van der Waals surface area contributed by atoms with E-state index in [9.17, 15) is 18.0 Å². The van der Waals surface area contributed by atoms with Gasteiger partial charge in [0.05, 0.1) is 18.7 Å². The SMILES string of the molecule is COc1ccc([C@H](C)NC(=O)COc2cccc(C(F)(F)F)c2)cc1. The van der Waals surface area contributed by atoms with Crippen LogP contribution in [0.15, 0.2) is 48.5 Å². The molecule has 134 valence electrons. The first-order valence-corrected chi connectivity index (χ1v) is 7.53. The normalized spacial score (nSPS) is 12.4. The summed E-state index contributed by atoms with van der Waals surface area (Å²) >= 11 is 0. The fraction of sp³-hybridized carbons (Fsp3) is 0.278. The molecule has 2 aromatic rings. The van der Waals surface area contributed by atoms with Crippen LogP contribution in [0.2, 0.25) is 0 Å². The molecule has 1 atom stereocenters. The van der Waals surface area contributed by atoms with E-state index in [4.69, 9.17) is 9.47 Å². The van der Waals surface area contributed by atoms with Crippen LogP contribution in [-0.4, -0.2) is 19.6 Å². The third kappa shape index (κ3) is 5.41. The highest BCUT2D eigenvalue weighted by Crippen LogP contribution is 2.31.